The van der Waals surface area contributed by atoms with Gasteiger partial charge >= 0.3 is 5.97 Å². The highest BCUT2D eigenvalue weighted by molar-refractivity contribution is 6.06. The van der Waals surface area contributed by atoms with Crippen molar-refractivity contribution >= 4 is 23.6 Å². The molecule has 2 aromatic rings. The number of anilines is 1. The van der Waals surface area contributed by atoms with Crippen LogP contribution in [0.15, 0.2) is 84.5 Å². The summed E-state index contributed by atoms with van der Waals surface area (Å²) in [6, 6.07) is 11.6. The van der Waals surface area contributed by atoms with Crippen molar-refractivity contribution in [3.8, 4) is 11.5 Å². The third-order valence-electron chi connectivity index (χ3n) is 4.47. The Morgan fingerprint density at radius 3 is 2.77 bits per heavy atom. The Morgan fingerprint density at radius 1 is 1.13 bits per heavy atom. The van der Waals surface area contributed by atoms with Crippen LogP contribution in [0.25, 0.3) is 6.08 Å². The summed E-state index contributed by atoms with van der Waals surface area (Å²) in [7, 11) is 1.55. The molecule has 1 aliphatic rings. The van der Waals surface area contributed by atoms with Crippen molar-refractivity contribution in [3.63, 3.8) is 0 Å². The number of allylic oxidation sites excluding steroid dienone is 4. The Labute approximate surface area is 180 Å². The van der Waals surface area contributed by atoms with Gasteiger partial charge in [-0.2, -0.15) is 0 Å². The van der Waals surface area contributed by atoms with Gasteiger partial charge in [-0.1, -0.05) is 48.6 Å². The Morgan fingerprint density at radius 2 is 1.97 bits per heavy atom. The quantitative estimate of drug-likeness (QED) is 0.599. The van der Waals surface area contributed by atoms with Crippen molar-refractivity contribution < 1.29 is 24.2 Å². The summed E-state index contributed by atoms with van der Waals surface area (Å²) < 4.78 is 11.3. The van der Waals surface area contributed by atoms with Crippen molar-refractivity contribution in [1.82, 2.24) is 0 Å². The highest BCUT2D eigenvalue weighted by Gasteiger charge is 2.10. The number of hydrogen-bond donors (Lipinski definition) is 2. The monoisotopic (exact) mass is 417 g/mol. The zero-order chi connectivity index (χ0) is 22.1. The molecule has 2 N–H and O–H groups in total. The molecule has 158 valence electrons. The van der Waals surface area contributed by atoms with Crippen LogP contribution in [0.1, 0.15) is 22.3 Å². The van der Waals surface area contributed by atoms with Gasteiger partial charge in [0.1, 0.15) is 6.61 Å². The highest BCUT2D eigenvalue weighted by atomic mass is 16.5. The number of benzene rings is 2. The average molecular weight is 417 g/mol. The standard InChI is InChI=1S/C25H23NO5/c1-30-23-16-18(12-14-22(23)31-17-19-8-4-2-3-5-9-19)13-15-24(27)26-21-11-7-6-10-20(21)25(28)29/h2,4-16H,3,17H2,1H3,(H,26,27)(H,28,29)/b15-13+. The number of ether oxygens (including phenoxy) is 2. The topological polar surface area (TPSA) is 84.9 Å². The molecule has 31 heavy (non-hydrogen) atoms. The molecular formula is C25H23NO5. The summed E-state index contributed by atoms with van der Waals surface area (Å²) in [5.41, 5.74) is 2.06. The van der Waals surface area contributed by atoms with E-state index in [1.54, 1.807) is 43.5 Å². The Bertz CT molecular complexity index is 1080. The Kier molecular flexibility index (Phi) is 7.43. The molecule has 0 unspecified atom stereocenters. The second-order valence-corrected chi connectivity index (χ2v) is 6.68. The van der Waals surface area contributed by atoms with Gasteiger partial charge in [0.2, 0.25) is 5.91 Å². The van der Waals surface area contributed by atoms with Gasteiger partial charge in [-0.05, 0) is 47.9 Å². The fourth-order valence-corrected chi connectivity index (χ4v) is 2.91. The molecule has 0 saturated heterocycles. The first kappa shape index (κ1) is 21.6. The molecule has 6 heteroatoms. The van der Waals surface area contributed by atoms with Crippen molar-refractivity contribution in [2.24, 2.45) is 0 Å². The summed E-state index contributed by atoms with van der Waals surface area (Å²) in [5, 5.41) is 11.8. The van der Waals surface area contributed by atoms with Gasteiger partial charge in [0.25, 0.3) is 0 Å². The average Bonchev–Trinajstić information content (AvgIpc) is 3.05. The molecule has 6 nitrogen and oxygen atoms in total. The first-order valence-corrected chi connectivity index (χ1v) is 9.71. The van der Waals surface area contributed by atoms with Crippen LogP contribution < -0.4 is 14.8 Å². The fraction of sp³-hybridized carbons (Fsp3) is 0.120. The van der Waals surface area contributed by atoms with E-state index >= 15 is 0 Å². The van der Waals surface area contributed by atoms with Crippen molar-refractivity contribution in [1.29, 1.82) is 0 Å². The van der Waals surface area contributed by atoms with Crippen LogP contribution in [0.5, 0.6) is 11.5 Å². The maximum absolute atomic E-state index is 12.2. The van der Waals surface area contributed by atoms with Crippen molar-refractivity contribution in [2.45, 2.75) is 6.42 Å². The number of carboxylic acids is 1. The number of carboxylic acid groups (broad SMARTS) is 1. The fourth-order valence-electron chi connectivity index (χ4n) is 2.91. The number of carbonyl (C=O) groups excluding carboxylic acids is 1. The Hall–Kier alpha value is -4.06. The number of hydrogen-bond acceptors (Lipinski definition) is 4. The largest absolute Gasteiger partial charge is 0.493 e. The van der Waals surface area contributed by atoms with Crippen LogP contribution in [0, 0.1) is 0 Å². The third-order valence-corrected chi connectivity index (χ3v) is 4.47. The lowest BCUT2D eigenvalue weighted by Gasteiger charge is -2.12. The molecule has 1 aliphatic carbocycles. The van der Waals surface area contributed by atoms with Gasteiger partial charge in [-0.25, -0.2) is 4.79 Å². The lowest BCUT2D eigenvalue weighted by molar-refractivity contribution is -0.111. The van der Waals surface area contributed by atoms with Gasteiger partial charge < -0.3 is 19.9 Å². The minimum atomic E-state index is -1.11. The molecule has 3 rings (SSSR count). The number of carbonyl (C=O) groups is 2. The third kappa shape index (κ3) is 6.21. The number of methoxy groups -OCH3 is 1. The van der Waals surface area contributed by atoms with E-state index in [9.17, 15) is 14.7 Å². The molecule has 1 amide bonds. The second kappa shape index (κ2) is 10.6. The van der Waals surface area contributed by atoms with E-state index in [0.717, 1.165) is 17.6 Å². The predicted molar refractivity (Wildman–Crippen MR) is 121 cm³/mol. The summed E-state index contributed by atoms with van der Waals surface area (Å²) in [6.07, 6.45) is 14.0. The van der Waals surface area contributed by atoms with Gasteiger partial charge in [0.15, 0.2) is 11.5 Å². The van der Waals surface area contributed by atoms with Gasteiger partial charge in [-0.3, -0.25) is 4.79 Å². The second-order valence-electron chi connectivity index (χ2n) is 6.68. The molecule has 0 spiro atoms. The summed E-state index contributed by atoms with van der Waals surface area (Å²) in [6.45, 7) is 0.414. The van der Waals surface area contributed by atoms with E-state index in [1.165, 1.54) is 12.1 Å². The maximum Gasteiger partial charge on any atom is 0.337 e. The number of rotatable bonds is 8. The summed E-state index contributed by atoms with van der Waals surface area (Å²) >= 11 is 0. The number of amides is 1. The van der Waals surface area contributed by atoms with Gasteiger partial charge in [-0.15, -0.1) is 0 Å². The molecule has 0 aromatic heterocycles. The van der Waals surface area contributed by atoms with Crippen LogP contribution in [-0.2, 0) is 4.79 Å². The lowest BCUT2D eigenvalue weighted by Crippen LogP contribution is -2.11. The number of aromatic carboxylic acids is 1. The normalized spacial score (nSPS) is 12.9. The van der Waals surface area contributed by atoms with Crippen LogP contribution >= 0.6 is 0 Å². The molecule has 0 heterocycles. The van der Waals surface area contributed by atoms with Crippen LogP contribution in [0.3, 0.4) is 0 Å². The SMILES string of the molecule is COc1cc(/C=C/C(=O)Nc2ccccc2C(=O)O)ccc1OCC1=CC=CCC=C1. The van der Waals surface area contributed by atoms with E-state index in [0.29, 0.717) is 18.1 Å². The van der Waals surface area contributed by atoms with Gasteiger partial charge in [0, 0.05) is 6.08 Å². The van der Waals surface area contributed by atoms with E-state index < -0.39 is 11.9 Å². The van der Waals surface area contributed by atoms with E-state index in [-0.39, 0.29) is 11.3 Å². The predicted octanol–water partition coefficient (Wildman–Crippen LogP) is 4.87. The molecule has 0 bridgehead atoms. The van der Waals surface area contributed by atoms with E-state index in [4.69, 9.17) is 9.47 Å². The van der Waals surface area contributed by atoms with Crippen molar-refractivity contribution in [3.05, 3.63) is 95.6 Å². The Balaban J connectivity index is 1.66. The first-order chi connectivity index (χ1) is 15.1. The smallest absolute Gasteiger partial charge is 0.337 e. The molecule has 2 aromatic carbocycles. The lowest BCUT2D eigenvalue weighted by atomic mass is 10.1. The van der Waals surface area contributed by atoms with E-state index in [2.05, 4.69) is 17.5 Å². The minimum absolute atomic E-state index is 0.0292. The molecule has 0 saturated carbocycles. The maximum atomic E-state index is 12.2. The zero-order valence-electron chi connectivity index (χ0n) is 17.1. The van der Waals surface area contributed by atoms with Crippen LogP contribution in [-0.4, -0.2) is 30.7 Å². The minimum Gasteiger partial charge on any atom is -0.493 e. The molecular weight excluding hydrogens is 394 g/mol. The highest BCUT2D eigenvalue weighted by Crippen LogP contribution is 2.29. The van der Waals surface area contributed by atoms with Gasteiger partial charge in [0.05, 0.1) is 18.4 Å². The summed E-state index contributed by atoms with van der Waals surface area (Å²) in [5.74, 6) is -0.394. The molecule has 0 atom stereocenters. The van der Waals surface area contributed by atoms with Crippen molar-refractivity contribution in [2.75, 3.05) is 19.0 Å². The van der Waals surface area contributed by atoms with Crippen LogP contribution in [0.2, 0.25) is 0 Å². The zero-order valence-corrected chi connectivity index (χ0v) is 17.1. The number of para-hydroxylation sites is 1. The van der Waals surface area contributed by atoms with E-state index in [1.807, 2.05) is 24.3 Å². The molecule has 0 radical (unpaired) electrons. The first-order valence-electron chi connectivity index (χ1n) is 9.71. The van der Waals surface area contributed by atoms with Crippen LogP contribution in [0.4, 0.5) is 5.69 Å². The molecule has 0 fully saturated rings. The summed E-state index contributed by atoms with van der Waals surface area (Å²) in [4.78, 5) is 23.5. The molecule has 0 aliphatic heterocycles. The number of nitrogens with one attached hydrogen (secondary N) is 1.